The normalized spacial score (nSPS) is 18.1. The molecule has 0 aromatic heterocycles. The third kappa shape index (κ3) is 4.82. The number of hydrogen-bond acceptors (Lipinski definition) is 4. The van der Waals surface area contributed by atoms with Gasteiger partial charge in [-0.3, -0.25) is 4.79 Å². The highest BCUT2D eigenvalue weighted by Gasteiger charge is 2.28. The Morgan fingerprint density at radius 1 is 0.923 bits per heavy atom. The summed E-state index contributed by atoms with van der Waals surface area (Å²) in [6.07, 6.45) is 0.412. The van der Waals surface area contributed by atoms with Crippen LogP contribution in [0, 0.1) is 0 Å². The standard InChI is InChI=1S/C18H19N3O4S/c22-17(19-14-6-2-1-3-7-14)13-5-4-8-15(11-13)20-18(23)21-16-9-10-26(24,25)12-16/h1-8,11,16H,9-10,12H2,(H,19,22)(H2,20,21,23)/t16-/m1/s1. The molecule has 1 aliphatic heterocycles. The van der Waals surface area contributed by atoms with Gasteiger partial charge < -0.3 is 16.0 Å². The van der Waals surface area contributed by atoms with Gasteiger partial charge in [-0.25, -0.2) is 13.2 Å². The van der Waals surface area contributed by atoms with Crippen LogP contribution < -0.4 is 16.0 Å². The lowest BCUT2D eigenvalue weighted by atomic mass is 10.2. The summed E-state index contributed by atoms with van der Waals surface area (Å²) in [5.41, 5.74) is 1.52. The van der Waals surface area contributed by atoms with E-state index in [9.17, 15) is 18.0 Å². The van der Waals surface area contributed by atoms with E-state index in [2.05, 4.69) is 16.0 Å². The summed E-state index contributed by atoms with van der Waals surface area (Å²) in [6, 6.07) is 14.7. The fourth-order valence-corrected chi connectivity index (χ4v) is 4.40. The van der Waals surface area contributed by atoms with E-state index in [0.29, 0.717) is 23.4 Å². The number of nitrogens with one attached hydrogen (secondary N) is 3. The predicted molar refractivity (Wildman–Crippen MR) is 100 cm³/mol. The highest BCUT2D eigenvalue weighted by atomic mass is 32.2. The molecule has 0 radical (unpaired) electrons. The largest absolute Gasteiger partial charge is 0.334 e. The maximum absolute atomic E-state index is 12.3. The Kier molecular flexibility index (Phi) is 5.22. The first kappa shape index (κ1) is 17.9. The molecule has 0 saturated carbocycles. The third-order valence-electron chi connectivity index (χ3n) is 3.98. The monoisotopic (exact) mass is 373 g/mol. The van der Waals surface area contributed by atoms with E-state index < -0.39 is 15.9 Å². The lowest BCUT2D eigenvalue weighted by Gasteiger charge is -2.12. The van der Waals surface area contributed by atoms with Crippen LogP contribution in [-0.4, -0.2) is 37.9 Å². The van der Waals surface area contributed by atoms with Crippen molar-refractivity contribution in [2.24, 2.45) is 0 Å². The van der Waals surface area contributed by atoms with Crippen LogP contribution >= 0.6 is 0 Å². The molecule has 2 aromatic rings. The molecule has 3 N–H and O–H groups in total. The van der Waals surface area contributed by atoms with Crippen LogP contribution in [0.4, 0.5) is 16.2 Å². The molecule has 1 fully saturated rings. The van der Waals surface area contributed by atoms with Crippen molar-refractivity contribution in [2.45, 2.75) is 12.5 Å². The van der Waals surface area contributed by atoms with Gasteiger partial charge in [0.1, 0.15) is 0 Å². The van der Waals surface area contributed by atoms with Crippen molar-refractivity contribution in [3.8, 4) is 0 Å². The molecule has 1 heterocycles. The number of anilines is 2. The second-order valence-corrected chi connectivity index (χ2v) is 8.33. The van der Waals surface area contributed by atoms with Crippen molar-refractivity contribution >= 4 is 33.2 Å². The third-order valence-corrected chi connectivity index (χ3v) is 5.75. The molecule has 1 atom stereocenters. The molecule has 3 rings (SSSR count). The first-order chi connectivity index (χ1) is 12.4. The molecule has 1 aliphatic rings. The molecule has 26 heavy (non-hydrogen) atoms. The summed E-state index contributed by atoms with van der Waals surface area (Å²) < 4.78 is 22.9. The zero-order valence-corrected chi connectivity index (χ0v) is 14.8. The Morgan fingerprint density at radius 2 is 1.65 bits per heavy atom. The Labute approximate surface area is 151 Å². The minimum Gasteiger partial charge on any atom is -0.334 e. The quantitative estimate of drug-likeness (QED) is 0.764. The fourth-order valence-electron chi connectivity index (χ4n) is 2.72. The molecular formula is C18H19N3O4S. The highest BCUT2D eigenvalue weighted by molar-refractivity contribution is 7.91. The number of carbonyl (C=O) groups is 2. The molecule has 8 heteroatoms. The van der Waals surface area contributed by atoms with Crippen molar-refractivity contribution in [3.05, 3.63) is 60.2 Å². The number of rotatable bonds is 4. The second kappa shape index (κ2) is 7.57. The lowest BCUT2D eigenvalue weighted by molar-refractivity contribution is 0.102. The van der Waals surface area contributed by atoms with Crippen LogP contribution in [0.15, 0.2) is 54.6 Å². The van der Waals surface area contributed by atoms with Crippen LogP contribution in [0.1, 0.15) is 16.8 Å². The van der Waals surface area contributed by atoms with Crippen LogP contribution in [0.5, 0.6) is 0 Å². The molecule has 2 aromatic carbocycles. The maximum Gasteiger partial charge on any atom is 0.319 e. The first-order valence-electron chi connectivity index (χ1n) is 8.16. The van der Waals surface area contributed by atoms with Crippen LogP contribution in [-0.2, 0) is 9.84 Å². The van der Waals surface area contributed by atoms with Gasteiger partial charge in [-0.15, -0.1) is 0 Å². The molecule has 3 amide bonds. The maximum atomic E-state index is 12.3. The zero-order valence-electron chi connectivity index (χ0n) is 13.9. The fraction of sp³-hybridized carbons (Fsp3) is 0.222. The summed E-state index contributed by atoms with van der Waals surface area (Å²) in [6.45, 7) is 0. The van der Waals surface area contributed by atoms with Crippen LogP contribution in [0.3, 0.4) is 0 Å². The summed E-state index contributed by atoms with van der Waals surface area (Å²) >= 11 is 0. The van der Waals surface area contributed by atoms with E-state index in [1.165, 1.54) is 0 Å². The number of para-hydroxylation sites is 1. The van der Waals surface area contributed by atoms with Crippen LogP contribution in [0.2, 0.25) is 0 Å². The number of carbonyl (C=O) groups excluding carboxylic acids is 2. The highest BCUT2D eigenvalue weighted by Crippen LogP contribution is 2.15. The minimum absolute atomic E-state index is 0.0417. The van der Waals surface area contributed by atoms with Crippen molar-refractivity contribution in [3.63, 3.8) is 0 Å². The van der Waals surface area contributed by atoms with E-state index in [4.69, 9.17) is 0 Å². The minimum atomic E-state index is -3.06. The van der Waals surface area contributed by atoms with Gasteiger partial charge in [0, 0.05) is 23.0 Å². The molecule has 7 nitrogen and oxygen atoms in total. The number of urea groups is 1. The Balaban J connectivity index is 1.60. The SMILES string of the molecule is O=C(Nc1cccc(C(=O)Nc2ccccc2)c1)N[C@@H]1CCS(=O)(=O)C1. The molecular weight excluding hydrogens is 354 g/mol. The Morgan fingerprint density at radius 3 is 2.35 bits per heavy atom. The lowest BCUT2D eigenvalue weighted by Crippen LogP contribution is -2.38. The number of benzene rings is 2. The topological polar surface area (TPSA) is 104 Å². The van der Waals surface area contributed by atoms with Crippen molar-refractivity contribution in [1.29, 1.82) is 0 Å². The average molecular weight is 373 g/mol. The van der Waals surface area contributed by atoms with Crippen molar-refractivity contribution < 1.29 is 18.0 Å². The molecule has 0 spiro atoms. The van der Waals surface area contributed by atoms with E-state index in [0.717, 1.165) is 0 Å². The van der Waals surface area contributed by atoms with Gasteiger partial charge >= 0.3 is 6.03 Å². The number of amides is 3. The molecule has 0 bridgehead atoms. The van der Waals surface area contributed by atoms with Gasteiger partial charge in [0.15, 0.2) is 9.84 Å². The summed E-state index contributed by atoms with van der Waals surface area (Å²) in [5, 5.41) is 8.04. The van der Waals surface area contributed by atoms with E-state index >= 15 is 0 Å². The Bertz CT molecular complexity index is 913. The number of sulfone groups is 1. The van der Waals surface area contributed by atoms with Gasteiger partial charge in [0.2, 0.25) is 0 Å². The van der Waals surface area contributed by atoms with Crippen molar-refractivity contribution in [2.75, 3.05) is 22.1 Å². The zero-order chi connectivity index (χ0) is 18.6. The van der Waals surface area contributed by atoms with Gasteiger partial charge in [-0.2, -0.15) is 0 Å². The Hall–Kier alpha value is -2.87. The number of hydrogen-bond donors (Lipinski definition) is 3. The average Bonchev–Trinajstić information content (AvgIpc) is 2.94. The second-order valence-electron chi connectivity index (χ2n) is 6.10. The molecule has 1 saturated heterocycles. The van der Waals surface area contributed by atoms with Crippen molar-refractivity contribution in [1.82, 2.24) is 5.32 Å². The summed E-state index contributed by atoms with van der Waals surface area (Å²) in [7, 11) is -3.06. The predicted octanol–water partition coefficient (Wildman–Crippen LogP) is 2.25. The van der Waals surface area contributed by atoms with E-state index in [1.807, 2.05) is 18.2 Å². The summed E-state index contributed by atoms with van der Waals surface area (Å²) in [4.78, 5) is 24.3. The van der Waals surface area contributed by atoms with Gasteiger partial charge in [-0.1, -0.05) is 24.3 Å². The molecule has 136 valence electrons. The van der Waals surface area contributed by atoms with Gasteiger partial charge in [0.25, 0.3) is 5.91 Å². The first-order valence-corrected chi connectivity index (χ1v) is 9.98. The molecule has 0 unspecified atom stereocenters. The van der Waals surface area contributed by atoms with Crippen LogP contribution in [0.25, 0.3) is 0 Å². The van der Waals surface area contributed by atoms with E-state index in [1.54, 1.807) is 36.4 Å². The van der Waals surface area contributed by atoms with Gasteiger partial charge in [-0.05, 0) is 36.8 Å². The molecule has 0 aliphatic carbocycles. The van der Waals surface area contributed by atoms with E-state index in [-0.39, 0.29) is 23.5 Å². The van der Waals surface area contributed by atoms with Gasteiger partial charge in [0.05, 0.1) is 11.5 Å². The smallest absolute Gasteiger partial charge is 0.319 e. The summed E-state index contributed by atoms with van der Waals surface area (Å²) in [5.74, 6) is -0.241.